The fraction of sp³-hybridized carbons (Fsp3) is 0.438. The minimum atomic E-state index is -0.363. The molecule has 0 aliphatic heterocycles. The zero-order valence-electron chi connectivity index (χ0n) is 11.3. The molecule has 1 spiro atoms. The molecule has 3 N–H and O–H groups in total. The highest BCUT2D eigenvalue weighted by molar-refractivity contribution is 5.65. The maximum Gasteiger partial charge on any atom is 0.248 e. The third-order valence-corrected chi connectivity index (χ3v) is 5.36. The summed E-state index contributed by atoms with van der Waals surface area (Å²) in [4.78, 5) is 14.5. The minimum Gasteiger partial charge on any atom is -0.326 e. The average Bonchev–Trinajstić information content (AvgIpc) is 2.70. The Morgan fingerprint density at radius 2 is 2.26 bits per heavy atom. The number of hydrogen-bond acceptors (Lipinski definition) is 2. The molecule has 98 valence electrons. The summed E-state index contributed by atoms with van der Waals surface area (Å²) in [5, 5.41) is 0. The summed E-state index contributed by atoms with van der Waals surface area (Å²) in [6.45, 7) is 4.26. The SMILES string of the molecule is C/C=C1\C23CC(C)=C[C@H]2Cc2[nH]c(=O)ccc2[C@]13N. The van der Waals surface area contributed by atoms with Gasteiger partial charge in [-0.05, 0) is 49.8 Å². The number of nitrogens with two attached hydrogens (primary N) is 1. The van der Waals surface area contributed by atoms with Crippen LogP contribution in [0.3, 0.4) is 0 Å². The lowest BCUT2D eigenvalue weighted by atomic mass is 9.76. The molecule has 0 aromatic carbocycles. The van der Waals surface area contributed by atoms with Gasteiger partial charge in [0.15, 0.2) is 0 Å². The van der Waals surface area contributed by atoms with Crippen LogP contribution in [0.25, 0.3) is 0 Å². The Morgan fingerprint density at radius 1 is 1.47 bits per heavy atom. The highest BCUT2D eigenvalue weighted by atomic mass is 16.1. The van der Waals surface area contributed by atoms with Crippen LogP contribution in [0.4, 0.5) is 0 Å². The van der Waals surface area contributed by atoms with Gasteiger partial charge in [0.25, 0.3) is 0 Å². The lowest BCUT2D eigenvalue weighted by Gasteiger charge is -2.31. The Balaban J connectivity index is 2.00. The van der Waals surface area contributed by atoms with Gasteiger partial charge in [-0.3, -0.25) is 4.79 Å². The van der Waals surface area contributed by atoms with Crippen molar-refractivity contribution in [3.63, 3.8) is 0 Å². The number of allylic oxidation sites excluding steroid dienone is 3. The van der Waals surface area contributed by atoms with Crippen molar-refractivity contribution in [3.8, 4) is 0 Å². The van der Waals surface area contributed by atoms with Crippen LogP contribution in [0.2, 0.25) is 0 Å². The van der Waals surface area contributed by atoms with Crippen molar-refractivity contribution in [2.24, 2.45) is 17.1 Å². The number of H-pyrrole nitrogens is 1. The largest absolute Gasteiger partial charge is 0.326 e. The van der Waals surface area contributed by atoms with E-state index in [1.54, 1.807) is 6.07 Å². The zero-order valence-corrected chi connectivity index (χ0v) is 11.3. The first kappa shape index (κ1) is 11.2. The fourth-order valence-electron chi connectivity index (χ4n) is 4.74. The van der Waals surface area contributed by atoms with Crippen LogP contribution in [0, 0.1) is 11.3 Å². The molecule has 3 atom stereocenters. The third kappa shape index (κ3) is 1.03. The molecule has 1 heterocycles. The summed E-state index contributed by atoms with van der Waals surface area (Å²) >= 11 is 0. The predicted octanol–water partition coefficient (Wildman–Crippen LogP) is 2.00. The molecule has 1 unspecified atom stereocenters. The first-order valence-electron chi connectivity index (χ1n) is 6.90. The Labute approximate surface area is 112 Å². The maximum absolute atomic E-state index is 11.5. The van der Waals surface area contributed by atoms with E-state index < -0.39 is 0 Å². The van der Waals surface area contributed by atoms with E-state index >= 15 is 0 Å². The van der Waals surface area contributed by atoms with E-state index in [0.717, 1.165) is 24.1 Å². The summed E-state index contributed by atoms with van der Waals surface area (Å²) in [6.07, 6.45) is 6.50. The number of aromatic amines is 1. The average molecular weight is 254 g/mol. The molecule has 3 aliphatic rings. The number of nitrogens with one attached hydrogen (secondary N) is 1. The van der Waals surface area contributed by atoms with E-state index in [-0.39, 0.29) is 16.5 Å². The molecule has 0 bridgehead atoms. The van der Waals surface area contributed by atoms with Gasteiger partial charge in [-0.15, -0.1) is 0 Å². The molecule has 19 heavy (non-hydrogen) atoms. The van der Waals surface area contributed by atoms with Crippen LogP contribution < -0.4 is 11.3 Å². The Hall–Kier alpha value is -1.61. The summed E-state index contributed by atoms with van der Waals surface area (Å²) in [5.74, 6) is 0.439. The lowest BCUT2D eigenvalue weighted by molar-refractivity contribution is 0.314. The van der Waals surface area contributed by atoms with Crippen LogP contribution in [0.15, 0.2) is 40.2 Å². The number of pyridine rings is 1. The molecule has 1 fully saturated rings. The molecule has 3 heteroatoms. The van der Waals surface area contributed by atoms with Crippen LogP contribution in [0.5, 0.6) is 0 Å². The van der Waals surface area contributed by atoms with E-state index in [1.165, 1.54) is 11.1 Å². The van der Waals surface area contributed by atoms with Gasteiger partial charge in [-0.2, -0.15) is 0 Å². The third-order valence-electron chi connectivity index (χ3n) is 5.36. The molecule has 3 nitrogen and oxygen atoms in total. The first-order valence-corrected chi connectivity index (χ1v) is 6.90. The highest BCUT2D eigenvalue weighted by Crippen LogP contribution is 2.77. The predicted molar refractivity (Wildman–Crippen MR) is 74.7 cm³/mol. The van der Waals surface area contributed by atoms with Crippen molar-refractivity contribution in [3.05, 3.63) is 57.0 Å². The fourth-order valence-corrected chi connectivity index (χ4v) is 4.74. The molecule has 3 aliphatic carbocycles. The quantitative estimate of drug-likeness (QED) is 0.696. The van der Waals surface area contributed by atoms with Crippen molar-refractivity contribution in [1.82, 2.24) is 4.98 Å². The van der Waals surface area contributed by atoms with Gasteiger partial charge in [0.05, 0.1) is 5.54 Å². The molecule has 1 aromatic heterocycles. The zero-order chi connectivity index (χ0) is 13.4. The van der Waals surface area contributed by atoms with Crippen molar-refractivity contribution in [2.75, 3.05) is 0 Å². The second-order valence-electron chi connectivity index (χ2n) is 6.20. The molecule has 1 saturated carbocycles. The Kier molecular flexibility index (Phi) is 1.83. The van der Waals surface area contributed by atoms with Gasteiger partial charge >= 0.3 is 0 Å². The summed E-state index contributed by atoms with van der Waals surface area (Å²) < 4.78 is 0. The summed E-state index contributed by atoms with van der Waals surface area (Å²) in [7, 11) is 0. The molecule has 1 aromatic rings. The second-order valence-corrected chi connectivity index (χ2v) is 6.20. The van der Waals surface area contributed by atoms with Gasteiger partial charge in [0.2, 0.25) is 5.56 Å². The van der Waals surface area contributed by atoms with Crippen molar-refractivity contribution in [2.45, 2.75) is 32.2 Å². The van der Waals surface area contributed by atoms with Crippen LogP contribution in [-0.2, 0) is 12.0 Å². The van der Waals surface area contributed by atoms with Crippen LogP contribution in [-0.4, -0.2) is 4.98 Å². The van der Waals surface area contributed by atoms with Gasteiger partial charge in [-0.1, -0.05) is 17.7 Å². The lowest BCUT2D eigenvalue weighted by Crippen LogP contribution is -2.38. The molecule has 0 radical (unpaired) electrons. The van der Waals surface area contributed by atoms with Gasteiger partial charge < -0.3 is 10.7 Å². The van der Waals surface area contributed by atoms with Crippen LogP contribution >= 0.6 is 0 Å². The Bertz CT molecular complexity index is 712. The number of fused-ring (bicyclic) bond motifs is 2. The van der Waals surface area contributed by atoms with Crippen molar-refractivity contribution >= 4 is 0 Å². The maximum atomic E-state index is 11.5. The van der Waals surface area contributed by atoms with E-state index in [9.17, 15) is 4.79 Å². The standard InChI is InChI=1S/C16H18N2O/c1-3-13-15-8-9(2)6-10(15)7-12-11(16(13,15)17)4-5-14(19)18-12/h3-6,10H,7-8,17H2,1-2H3,(H,18,19)/b13-3+/t10-,15?,16-/m0/s1. The highest BCUT2D eigenvalue weighted by Gasteiger charge is 2.76. The molecule has 4 rings (SSSR count). The Morgan fingerprint density at radius 3 is 3.00 bits per heavy atom. The number of rotatable bonds is 0. The van der Waals surface area contributed by atoms with Crippen molar-refractivity contribution < 1.29 is 0 Å². The smallest absolute Gasteiger partial charge is 0.248 e. The molecular weight excluding hydrogens is 236 g/mol. The van der Waals surface area contributed by atoms with E-state index in [2.05, 4.69) is 31.0 Å². The van der Waals surface area contributed by atoms with E-state index in [4.69, 9.17) is 5.73 Å². The van der Waals surface area contributed by atoms with Gasteiger partial charge in [-0.25, -0.2) is 0 Å². The molecule has 0 amide bonds. The monoisotopic (exact) mass is 254 g/mol. The molecular formula is C16H18N2O. The summed E-state index contributed by atoms with van der Waals surface area (Å²) in [5.41, 5.74) is 11.4. The van der Waals surface area contributed by atoms with Crippen molar-refractivity contribution in [1.29, 1.82) is 0 Å². The number of aromatic nitrogens is 1. The van der Waals surface area contributed by atoms with Gasteiger partial charge in [0, 0.05) is 17.2 Å². The topological polar surface area (TPSA) is 58.9 Å². The van der Waals surface area contributed by atoms with Crippen LogP contribution in [0.1, 0.15) is 31.5 Å². The summed E-state index contributed by atoms with van der Waals surface area (Å²) in [6, 6.07) is 3.53. The number of hydrogen-bond donors (Lipinski definition) is 2. The minimum absolute atomic E-state index is 0.0313. The van der Waals surface area contributed by atoms with E-state index in [0.29, 0.717) is 5.92 Å². The first-order chi connectivity index (χ1) is 9.04. The molecule has 0 saturated heterocycles. The second kappa shape index (κ2) is 3.10. The van der Waals surface area contributed by atoms with Gasteiger partial charge in [0.1, 0.15) is 0 Å². The normalized spacial score (nSPS) is 40.5. The van der Waals surface area contributed by atoms with E-state index in [1.807, 2.05) is 6.07 Å².